The maximum Gasteiger partial charge on any atom is 0.276 e. The van der Waals surface area contributed by atoms with Crippen LogP contribution in [0.25, 0.3) is 0 Å². The summed E-state index contributed by atoms with van der Waals surface area (Å²) in [6, 6.07) is 1.56. The van der Waals surface area contributed by atoms with Gasteiger partial charge in [-0.25, -0.2) is 0 Å². The van der Waals surface area contributed by atoms with Gasteiger partial charge in [0.1, 0.15) is 6.61 Å². The first-order valence-electron chi connectivity index (χ1n) is 5.57. The van der Waals surface area contributed by atoms with E-state index in [1.165, 1.54) is 0 Å². The number of amides is 1. The van der Waals surface area contributed by atoms with Crippen LogP contribution in [0.5, 0.6) is 0 Å². The molecule has 0 aliphatic rings. The van der Waals surface area contributed by atoms with Crippen molar-refractivity contribution in [2.45, 2.75) is 20.0 Å². The van der Waals surface area contributed by atoms with Crippen LogP contribution in [0.3, 0.4) is 0 Å². The number of carbonyl (C=O) groups excluding carboxylic acids is 1. The second-order valence-corrected chi connectivity index (χ2v) is 3.63. The maximum absolute atomic E-state index is 12.0. The fourth-order valence-corrected chi connectivity index (χ4v) is 1.49. The van der Waals surface area contributed by atoms with Crippen molar-refractivity contribution in [2.24, 2.45) is 0 Å². The lowest BCUT2D eigenvalue weighted by molar-refractivity contribution is 0.0711. The molecule has 0 bridgehead atoms. The number of aliphatic hydroxyl groups excluding tert-OH is 1. The van der Waals surface area contributed by atoms with E-state index in [9.17, 15) is 4.79 Å². The molecule has 0 unspecified atom stereocenters. The predicted molar refractivity (Wildman–Crippen MR) is 60.5 cm³/mol. The van der Waals surface area contributed by atoms with Gasteiger partial charge in [0.25, 0.3) is 5.91 Å². The smallest absolute Gasteiger partial charge is 0.276 e. The van der Waals surface area contributed by atoms with Crippen LogP contribution >= 0.6 is 0 Å². The molecule has 0 atom stereocenters. The third kappa shape index (κ3) is 3.83. The summed E-state index contributed by atoms with van der Waals surface area (Å²) < 4.78 is 9.83. The average Bonchev–Trinajstić information content (AvgIpc) is 2.77. The van der Waals surface area contributed by atoms with E-state index in [1.807, 2.05) is 6.92 Å². The number of ether oxygens (including phenoxy) is 1. The molecule has 0 radical (unpaired) electrons. The lowest BCUT2D eigenvalue weighted by atomic mass is 10.3. The fraction of sp³-hybridized carbons (Fsp3) is 0.636. The molecule has 1 amide bonds. The molecule has 1 heterocycles. The van der Waals surface area contributed by atoms with E-state index in [0.717, 1.165) is 6.42 Å². The molecule has 6 nitrogen and oxygen atoms in total. The van der Waals surface area contributed by atoms with Gasteiger partial charge in [-0.2, -0.15) is 0 Å². The Morgan fingerprint density at radius 1 is 1.59 bits per heavy atom. The lowest BCUT2D eigenvalue weighted by Crippen LogP contribution is -2.34. The van der Waals surface area contributed by atoms with Crippen LogP contribution in [0.2, 0.25) is 0 Å². The Labute approximate surface area is 100 Å². The summed E-state index contributed by atoms with van der Waals surface area (Å²) in [5, 5.41) is 12.6. The Bertz CT molecular complexity index is 345. The zero-order valence-electron chi connectivity index (χ0n) is 10.2. The molecule has 1 rings (SSSR count). The van der Waals surface area contributed by atoms with E-state index in [4.69, 9.17) is 14.4 Å². The molecule has 0 saturated carbocycles. The molecular weight excluding hydrogens is 224 g/mol. The van der Waals surface area contributed by atoms with Gasteiger partial charge in [0, 0.05) is 26.3 Å². The topological polar surface area (TPSA) is 75.8 Å². The van der Waals surface area contributed by atoms with Crippen LogP contribution in [-0.2, 0) is 11.3 Å². The minimum absolute atomic E-state index is 0.0610. The molecule has 0 aliphatic carbocycles. The first-order valence-corrected chi connectivity index (χ1v) is 5.57. The van der Waals surface area contributed by atoms with Crippen molar-refractivity contribution in [3.8, 4) is 0 Å². The molecule has 17 heavy (non-hydrogen) atoms. The normalized spacial score (nSPS) is 10.5. The average molecular weight is 242 g/mol. The molecular formula is C11H18N2O4. The number of methoxy groups -OCH3 is 1. The highest BCUT2D eigenvalue weighted by Gasteiger charge is 2.18. The quantitative estimate of drug-likeness (QED) is 0.760. The van der Waals surface area contributed by atoms with Crippen LogP contribution in [0.1, 0.15) is 29.6 Å². The van der Waals surface area contributed by atoms with Crippen molar-refractivity contribution in [3.05, 3.63) is 17.5 Å². The zero-order chi connectivity index (χ0) is 12.7. The van der Waals surface area contributed by atoms with Crippen LogP contribution in [0.15, 0.2) is 10.6 Å². The number of carbonyl (C=O) groups is 1. The standard InChI is InChI=1S/C11H18N2O4/c1-3-4-13(5-6-14)11(15)10-7-9(8-16-2)17-12-10/h7,14H,3-6,8H2,1-2H3. The highest BCUT2D eigenvalue weighted by Crippen LogP contribution is 2.08. The van der Waals surface area contributed by atoms with Crippen LogP contribution in [0, 0.1) is 0 Å². The Morgan fingerprint density at radius 3 is 2.94 bits per heavy atom. The summed E-state index contributed by atoms with van der Waals surface area (Å²) in [4.78, 5) is 13.5. The van der Waals surface area contributed by atoms with E-state index < -0.39 is 0 Å². The molecule has 0 aromatic carbocycles. The highest BCUT2D eigenvalue weighted by molar-refractivity contribution is 5.92. The molecule has 0 spiro atoms. The minimum Gasteiger partial charge on any atom is -0.395 e. The third-order valence-electron chi connectivity index (χ3n) is 2.22. The molecule has 0 fully saturated rings. The second-order valence-electron chi connectivity index (χ2n) is 3.63. The van der Waals surface area contributed by atoms with Gasteiger partial charge in [-0.3, -0.25) is 4.79 Å². The number of hydrogen-bond acceptors (Lipinski definition) is 5. The molecule has 1 N–H and O–H groups in total. The van der Waals surface area contributed by atoms with E-state index in [-0.39, 0.29) is 24.8 Å². The minimum atomic E-state index is -0.230. The van der Waals surface area contributed by atoms with Crippen molar-refractivity contribution < 1.29 is 19.2 Å². The Hall–Kier alpha value is -1.40. The summed E-state index contributed by atoms with van der Waals surface area (Å²) in [5.41, 5.74) is 0.249. The molecule has 6 heteroatoms. The van der Waals surface area contributed by atoms with Crippen molar-refractivity contribution in [1.82, 2.24) is 10.1 Å². The van der Waals surface area contributed by atoms with Crippen molar-refractivity contribution in [3.63, 3.8) is 0 Å². The Kier molecular flexibility index (Phi) is 5.65. The van der Waals surface area contributed by atoms with Crippen LogP contribution in [0.4, 0.5) is 0 Å². The number of aliphatic hydroxyl groups is 1. The van der Waals surface area contributed by atoms with Gasteiger partial charge in [0.05, 0.1) is 6.61 Å². The summed E-state index contributed by atoms with van der Waals surface area (Å²) in [5.74, 6) is 0.281. The molecule has 1 aromatic heterocycles. The maximum atomic E-state index is 12.0. The van der Waals surface area contributed by atoms with Gasteiger partial charge in [-0.05, 0) is 6.42 Å². The Morgan fingerprint density at radius 2 is 2.35 bits per heavy atom. The molecule has 0 saturated heterocycles. The van der Waals surface area contributed by atoms with Gasteiger partial charge in [0.2, 0.25) is 0 Å². The van der Waals surface area contributed by atoms with Gasteiger partial charge >= 0.3 is 0 Å². The number of rotatable bonds is 7. The second kappa shape index (κ2) is 7.03. The van der Waals surface area contributed by atoms with Crippen molar-refractivity contribution in [1.29, 1.82) is 0 Å². The first kappa shape index (κ1) is 13.7. The van der Waals surface area contributed by atoms with Crippen LogP contribution in [-0.4, -0.2) is 47.9 Å². The third-order valence-corrected chi connectivity index (χ3v) is 2.22. The summed E-state index contributed by atoms with van der Waals surface area (Å²) >= 11 is 0. The highest BCUT2D eigenvalue weighted by atomic mass is 16.5. The zero-order valence-corrected chi connectivity index (χ0v) is 10.2. The lowest BCUT2D eigenvalue weighted by Gasteiger charge is -2.19. The largest absolute Gasteiger partial charge is 0.395 e. The van der Waals surface area contributed by atoms with E-state index in [2.05, 4.69) is 5.16 Å². The number of aromatic nitrogens is 1. The summed E-state index contributed by atoms with van der Waals surface area (Å²) in [6.45, 7) is 3.09. The fourth-order valence-electron chi connectivity index (χ4n) is 1.49. The molecule has 1 aromatic rings. The first-order chi connectivity index (χ1) is 8.22. The van der Waals surface area contributed by atoms with Gasteiger partial charge < -0.3 is 19.3 Å². The van der Waals surface area contributed by atoms with E-state index in [0.29, 0.717) is 18.8 Å². The predicted octanol–water partition coefficient (Wildman–Crippen LogP) is 0.665. The van der Waals surface area contributed by atoms with Gasteiger partial charge in [-0.15, -0.1) is 0 Å². The number of nitrogens with zero attached hydrogens (tertiary/aromatic N) is 2. The monoisotopic (exact) mass is 242 g/mol. The van der Waals surface area contributed by atoms with Crippen LogP contribution < -0.4 is 0 Å². The van der Waals surface area contributed by atoms with Crippen molar-refractivity contribution >= 4 is 5.91 Å². The van der Waals surface area contributed by atoms with E-state index >= 15 is 0 Å². The SMILES string of the molecule is CCCN(CCO)C(=O)c1cc(COC)on1. The molecule has 0 aliphatic heterocycles. The molecule has 96 valence electrons. The number of hydrogen-bond donors (Lipinski definition) is 1. The van der Waals surface area contributed by atoms with Gasteiger partial charge in [-0.1, -0.05) is 12.1 Å². The van der Waals surface area contributed by atoms with Crippen molar-refractivity contribution in [2.75, 3.05) is 26.8 Å². The Balaban J connectivity index is 2.70. The summed E-state index contributed by atoms with van der Waals surface area (Å²) in [7, 11) is 1.54. The van der Waals surface area contributed by atoms with E-state index in [1.54, 1.807) is 18.1 Å². The van der Waals surface area contributed by atoms with Gasteiger partial charge in [0.15, 0.2) is 11.5 Å². The summed E-state index contributed by atoms with van der Waals surface area (Å²) in [6.07, 6.45) is 0.828.